The number of benzene rings is 2. The molecule has 0 saturated carbocycles. The molecule has 4 rings (SSSR count). The van der Waals surface area contributed by atoms with E-state index < -0.39 is 0 Å². The highest BCUT2D eigenvalue weighted by Crippen LogP contribution is 2.33. The van der Waals surface area contributed by atoms with Gasteiger partial charge in [-0.3, -0.25) is 9.69 Å². The first-order chi connectivity index (χ1) is 13.1. The first kappa shape index (κ1) is 18.2. The van der Waals surface area contributed by atoms with Crippen molar-refractivity contribution in [3.63, 3.8) is 0 Å². The Kier molecular flexibility index (Phi) is 5.28. The van der Waals surface area contributed by atoms with E-state index in [9.17, 15) is 4.79 Å². The topological polar surface area (TPSA) is 35.6 Å². The van der Waals surface area contributed by atoms with Crippen molar-refractivity contribution in [2.24, 2.45) is 5.92 Å². The maximum Gasteiger partial charge on any atom is 0.237 e. The molecular formula is C23H29N3O. The van der Waals surface area contributed by atoms with Gasteiger partial charge in [-0.2, -0.15) is 0 Å². The molecule has 3 atom stereocenters. The second kappa shape index (κ2) is 7.83. The molecule has 0 aliphatic carbocycles. The minimum atomic E-state index is -0.0599. The van der Waals surface area contributed by atoms with E-state index in [0.29, 0.717) is 24.5 Å². The maximum atomic E-state index is 13.3. The summed E-state index contributed by atoms with van der Waals surface area (Å²) in [6.45, 7) is 4.85. The molecule has 2 aliphatic rings. The average Bonchev–Trinajstić information content (AvgIpc) is 3.26. The molecule has 4 heteroatoms. The zero-order chi connectivity index (χ0) is 18.8. The van der Waals surface area contributed by atoms with Crippen LogP contribution < -0.4 is 5.32 Å². The first-order valence-electron chi connectivity index (χ1n) is 9.97. The molecule has 142 valence electrons. The molecule has 0 aromatic heterocycles. The summed E-state index contributed by atoms with van der Waals surface area (Å²) in [5.74, 6) is 0.879. The largest absolute Gasteiger partial charge is 0.334 e. The zero-order valence-electron chi connectivity index (χ0n) is 16.2. The molecule has 0 bridgehead atoms. The molecule has 0 radical (unpaired) electrons. The van der Waals surface area contributed by atoms with Gasteiger partial charge < -0.3 is 10.2 Å². The molecule has 0 unspecified atom stereocenters. The number of likely N-dealkylation sites (N-methyl/N-ethyl adjacent to an activating group) is 1. The Morgan fingerprint density at radius 2 is 1.67 bits per heavy atom. The first-order valence-corrected chi connectivity index (χ1v) is 9.97. The smallest absolute Gasteiger partial charge is 0.237 e. The Hall–Kier alpha value is -2.17. The van der Waals surface area contributed by atoms with Gasteiger partial charge in [0, 0.05) is 25.7 Å². The highest BCUT2D eigenvalue weighted by Gasteiger charge is 2.42. The average molecular weight is 364 g/mol. The van der Waals surface area contributed by atoms with Gasteiger partial charge >= 0.3 is 0 Å². The van der Waals surface area contributed by atoms with Gasteiger partial charge in [-0.1, -0.05) is 60.7 Å². The van der Waals surface area contributed by atoms with Crippen molar-refractivity contribution < 1.29 is 4.79 Å². The van der Waals surface area contributed by atoms with Crippen LogP contribution in [0.1, 0.15) is 30.5 Å². The van der Waals surface area contributed by atoms with E-state index in [0.717, 1.165) is 24.2 Å². The van der Waals surface area contributed by atoms with Crippen LogP contribution in [-0.4, -0.2) is 54.5 Å². The number of nitrogens with zero attached hydrogens (tertiary/aromatic N) is 2. The summed E-state index contributed by atoms with van der Waals surface area (Å²) < 4.78 is 0. The van der Waals surface area contributed by atoms with Crippen molar-refractivity contribution in [3.05, 3.63) is 71.8 Å². The van der Waals surface area contributed by atoms with Gasteiger partial charge in [0.1, 0.15) is 0 Å². The van der Waals surface area contributed by atoms with Crippen molar-refractivity contribution in [2.75, 3.05) is 26.7 Å². The molecule has 2 saturated heterocycles. The minimum Gasteiger partial charge on any atom is -0.334 e. The SMILES string of the molecule is C[C@@H]1C[C@H]2CNC[C@H]2N1CC(=O)N(C)C(c1ccccc1)c1ccccc1. The van der Waals surface area contributed by atoms with E-state index in [4.69, 9.17) is 0 Å². The van der Waals surface area contributed by atoms with Crippen molar-refractivity contribution in [1.82, 2.24) is 15.1 Å². The standard InChI is InChI=1S/C23H29N3O/c1-17-13-20-14-24-15-21(20)26(17)16-22(27)25(2)23(18-9-5-3-6-10-18)19-11-7-4-8-12-19/h3-12,17,20-21,23-24H,13-16H2,1-2H3/t17-,20+,21-/m1/s1. The normalized spacial score (nSPS) is 24.9. The Morgan fingerprint density at radius 3 is 2.26 bits per heavy atom. The summed E-state index contributed by atoms with van der Waals surface area (Å²) in [5, 5.41) is 3.49. The van der Waals surface area contributed by atoms with E-state index in [-0.39, 0.29) is 11.9 Å². The summed E-state index contributed by atoms with van der Waals surface area (Å²) in [6.07, 6.45) is 1.19. The van der Waals surface area contributed by atoms with Crippen LogP contribution in [0.4, 0.5) is 0 Å². The van der Waals surface area contributed by atoms with Crippen molar-refractivity contribution in [1.29, 1.82) is 0 Å². The molecule has 2 aromatic rings. The van der Waals surface area contributed by atoms with Crippen molar-refractivity contribution in [2.45, 2.75) is 31.5 Å². The fourth-order valence-corrected chi connectivity index (χ4v) is 4.84. The number of likely N-dealkylation sites (tertiary alicyclic amines) is 1. The summed E-state index contributed by atoms with van der Waals surface area (Å²) in [6, 6.07) is 21.6. The van der Waals surface area contributed by atoms with Gasteiger partial charge in [0.15, 0.2) is 0 Å². The predicted molar refractivity (Wildman–Crippen MR) is 108 cm³/mol. The van der Waals surface area contributed by atoms with Gasteiger partial charge in [0.2, 0.25) is 5.91 Å². The fourth-order valence-electron chi connectivity index (χ4n) is 4.84. The molecule has 2 aromatic carbocycles. The third-order valence-electron chi connectivity index (χ3n) is 6.27. The highest BCUT2D eigenvalue weighted by molar-refractivity contribution is 5.79. The number of carbonyl (C=O) groups is 1. The van der Waals surface area contributed by atoms with E-state index >= 15 is 0 Å². The van der Waals surface area contributed by atoms with Gasteiger partial charge in [-0.15, -0.1) is 0 Å². The molecule has 2 heterocycles. The van der Waals surface area contributed by atoms with Crippen molar-refractivity contribution in [3.8, 4) is 0 Å². The quantitative estimate of drug-likeness (QED) is 0.887. The van der Waals surface area contributed by atoms with Gasteiger partial charge in [-0.05, 0) is 36.9 Å². The number of fused-ring (bicyclic) bond motifs is 1. The number of hydrogen-bond donors (Lipinski definition) is 1. The van der Waals surface area contributed by atoms with Gasteiger partial charge in [0.05, 0.1) is 12.6 Å². The Labute approximate surface area is 162 Å². The number of rotatable bonds is 5. The summed E-state index contributed by atoms with van der Waals surface area (Å²) >= 11 is 0. The lowest BCUT2D eigenvalue weighted by atomic mass is 9.97. The van der Waals surface area contributed by atoms with Crippen LogP contribution in [0.5, 0.6) is 0 Å². The fraction of sp³-hybridized carbons (Fsp3) is 0.435. The minimum absolute atomic E-state index is 0.0599. The maximum absolute atomic E-state index is 13.3. The van der Waals surface area contributed by atoms with Gasteiger partial charge in [-0.25, -0.2) is 0 Å². The number of amides is 1. The number of carbonyl (C=O) groups excluding carboxylic acids is 1. The van der Waals surface area contributed by atoms with E-state index in [1.807, 2.05) is 48.3 Å². The molecular weight excluding hydrogens is 334 g/mol. The Bertz CT molecular complexity index is 724. The lowest BCUT2D eigenvalue weighted by Crippen LogP contribution is -2.46. The Balaban J connectivity index is 1.56. The van der Waals surface area contributed by atoms with Crippen LogP contribution in [0.2, 0.25) is 0 Å². The second-order valence-electron chi connectivity index (χ2n) is 7.97. The monoisotopic (exact) mass is 363 g/mol. The van der Waals surface area contributed by atoms with Crippen LogP contribution in [-0.2, 0) is 4.79 Å². The van der Waals surface area contributed by atoms with E-state index in [1.165, 1.54) is 6.42 Å². The lowest BCUT2D eigenvalue weighted by Gasteiger charge is -2.33. The van der Waals surface area contributed by atoms with E-state index in [2.05, 4.69) is 41.4 Å². The number of nitrogens with one attached hydrogen (secondary N) is 1. The Morgan fingerprint density at radius 1 is 1.07 bits per heavy atom. The molecule has 0 spiro atoms. The van der Waals surface area contributed by atoms with Gasteiger partial charge in [0.25, 0.3) is 0 Å². The summed E-state index contributed by atoms with van der Waals surface area (Å²) in [7, 11) is 1.94. The van der Waals surface area contributed by atoms with Crippen molar-refractivity contribution >= 4 is 5.91 Å². The van der Waals surface area contributed by atoms with Crippen LogP contribution in [0.3, 0.4) is 0 Å². The second-order valence-corrected chi connectivity index (χ2v) is 7.97. The zero-order valence-corrected chi connectivity index (χ0v) is 16.2. The van der Waals surface area contributed by atoms with Crippen LogP contribution >= 0.6 is 0 Å². The predicted octanol–water partition coefficient (Wildman–Crippen LogP) is 2.92. The van der Waals surface area contributed by atoms with E-state index in [1.54, 1.807) is 0 Å². The highest BCUT2D eigenvalue weighted by atomic mass is 16.2. The summed E-state index contributed by atoms with van der Waals surface area (Å²) in [5.41, 5.74) is 2.30. The van der Waals surface area contributed by atoms with Crippen LogP contribution in [0.25, 0.3) is 0 Å². The molecule has 27 heavy (non-hydrogen) atoms. The van der Waals surface area contributed by atoms with Crippen LogP contribution in [0.15, 0.2) is 60.7 Å². The molecule has 1 N–H and O–H groups in total. The molecule has 1 amide bonds. The van der Waals surface area contributed by atoms with Crippen LogP contribution in [0, 0.1) is 5.92 Å². The lowest BCUT2D eigenvalue weighted by molar-refractivity contribution is -0.133. The summed E-state index contributed by atoms with van der Waals surface area (Å²) in [4.78, 5) is 17.6. The molecule has 4 nitrogen and oxygen atoms in total. The number of hydrogen-bond acceptors (Lipinski definition) is 3. The third kappa shape index (κ3) is 3.64. The molecule has 2 fully saturated rings. The molecule has 2 aliphatic heterocycles. The third-order valence-corrected chi connectivity index (χ3v) is 6.27.